The molecule has 3 aromatic rings. The summed E-state index contributed by atoms with van der Waals surface area (Å²) in [6, 6.07) is 9.86. The molecular weight excluding hydrogens is 285 g/mol. The van der Waals surface area contributed by atoms with Gasteiger partial charge in [-0.1, -0.05) is 6.07 Å². The Morgan fingerprint density at radius 3 is 3.00 bits per heavy atom. The number of anilines is 1. The molecule has 0 aliphatic carbocycles. The van der Waals surface area contributed by atoms with E-state index >= 15 is 0 Å². The van der Waals surface area contributed by atoms with Crippen LogP contribution in [-0.4, -0.2) is 22.4 Å². The van der Waals surface area contributed by atoms with Gasteiger partial charge >= 0.3 is 0 Å². The SMILES string of the molecule is COc1ccc(NC(=O)Cc2cccc3nccn23)cc1F. The molecule has 6 heteroatoms. The number of ether oxygens (including phenoxy) is 1. The average molecular weight is 299 g/mol. The molecule has 3 rings (SSSR count). The number of hydrogen-bond acceptors (Lipinski definition) is 3. The minimum absolute atomic E-state index is 0.140. The smallest absolute Gasteiger partial charge is 0.230 e. The maximum absolute atomic E-state index is 13.6. The van der Waals surface area contributed by atoms with Gasteiger partial charge in [-0.3, -0.25) is 4.79 Å². The molecule has 112 valence electrons. The van der Waals surface area contributed by atoms with Crippen LogP contribution in [0.3, 0.4) is 0 Å². The summed E-state index contributed by atoms with van der Waals surface area (Å²) in [6.45, 7) is 0. The Morgan fingerprint density at radius 2 is 2.23 bits per heavy atom. The van der Waals surface area contributed by atoms with Gasteiger partial charge in [0.2, 0.25) is 5.91 Å². The van der Waals surface area contributed by atoms with Crippen LogP contribution in [0.5, 0.6) is 5.75 Å². The molecule has 0 radical (unpaired) electrons. The minimum atomic E-state index is -0.517. The van der Waals surface area contributed by atoms with Crippen LogP contribution in [0, 0.1) is 5.82 Å². The highest BCUT2D eigenvalue weighted by molar-refractivity contribution is 5.92. The fourth-order valence-electron chi connectivity index (χ4n) is 2.26. The van der Waals surface area contributed by atoms with E-state index in [0.29, 0.717) is 5.69 Å². The van der Waals surface area contributed by atoms with Crippen molar-refractivity contribution in [2.75, 3.05) is 12.4 Å². The van der Waals surface area contributed by atoms with Crippen LogP contribution in [0.15, 0.2) is 48.8 Å². The number of methoxy groups -OCH3 is 1. The first kappa shape index (κ1) is 14.1. The Labute approximate surface area is 126 Å². The molecule has 22 heavy (non-hydrogen) atoms. The summed E-state index contributed by atoms with van der Waals surface area (Å²) in [5.41, 5.74) is 1.98. The van der Waals surface area contributed by atoms with E-state index in [0.717, 1.165) is 11.3 Å². The molecule has 0 fully saturated rings. The fraction of sp³-hybridized carbons (Fsp3) is 0.125. The minimum Gasteiger partial charge on any atom is -0.494 e. The predicted molar refractivity (Wildman–Crippen MR) is 80.5 cm³/mol. The van der Waals surface area contributed by atoms with Crippen LogP contribution in [0.1, 0.15) is 5.69 Å². The first-order valence-corrected chi connectivity index (χ1v) is 6.72. The Kier molecular flexibility index (Phi) is 3.74. The van der Waals surface area contributed by atoms with Crippen molar-refractivity contribution in [1.29, 1.82) is 0 Å². The van der Waals surface area contributed by atoms with E-state index in [2.05, 4.69) is 10.3 Å². The maximum Gasteiger partial charge on any atom is 0.230 e. The highest BCUT2D eigenvalue weighted by atomic mass is 19.1. The number of carbonyl (C=O) groups excluding carboxylic acids is 1. The summed E-state index contributed by atoms with van der Waals surface area (Å²) in [5.74, 6) is -0.607. The lowest BCUT2D eigenvalue weighted by Gasteiger charge is -2.08. The van der Waals surface area contributed by atoms with Crippen LogP contribution in [-0.2, 0) is 11.2 Å². The highest BCUT2D eigenvalue weighted by Crippen LogP contribution is 2.20. The van der Waals surface area contributed by atoms with Crippen molar-refractivity contribution in [2.45, 2.75) is 6.42 Å². The number of amides is 1. The van der Waals surface area contributed by atoms with Gasteiger partial charge in [-0.05, 0) is 24.3 Å². The van der Waals surface area contributed by atoms with Crippen molar-refractivity contribution < 1.29 is 13.9 Å². The maximum atomic E-state index is 13.6. The Hall–Kier alpha value is -2.89. The number of nitrogens with one attached hydrogen (secondary N) is 1. The van der Waals surface area contributed by atoms with Gasteiger partial charge in [-0.25, -0.2) is 9.37 Å². The third-order valence-corrected chi connectivity index (χ3v) is 3.29. The van der Waals surface area contributed by atoms with Crippen LogP contribution < -0.4 is 10.1 Å². The third kappa shape index (κ3) is 2.76. The van der Waals surface area contributed by atoms with Gasteiger partial charge in [0.25, 0.3) is 0 Å². The van der Waals surface area contributed by atoms with Crippen molar-refractivity contribution in [3.05, 3.63) is 60.3 Å². The number of rotatable bonds is 4. The van der Waals surface area contributed by atoms with E-state index < -0.39 is 5.82 Å². The molecule has 0 spiro atoms. The van der Waals surface area contributed by atoms with Gasteiger partial charge in [0.15, 0.2) is 11.6 Å². The third-order valence-electron chi connectivity index (χ3n) is 3.29. The van der Waals surface area contributed by atoms with Gasteiger partial charge in [-0.15, -0.1) is 0 Å². The summed E-state index contributed by atoms with van der Waals surface area (Å²) in [5, 5.41) is 2.67. The van der Waals surface area contributed by atoms with E-state index in [1.165, 1.54) is 19.2 Å². The summed E-state index contributed by atoms with van der Waals surface area (Å²) < 4.78 is 20.3. The number of fused-ring (bicyclic) bond motifs is 1. The summed E-state index contributed by atoms with van der Waals surface area (Å²) in [6.07, 6.45) is 3.64. The van der Waals surface area contributed by atoms with Gasteiger partial charge in [0.05, 0.1) is 13.5 Å². The van der Waals surface area contributed by atoms with Crippen molar-refractivity contribution >= 4 is 17.2 Å². The second kappa shape index (κ2) is 5.85. The summed E-state index contributed by atoms with van der Waals surface area (Å²) >= 11 is 0. The monoisotopic (exact) mass is 299 g/mol. The van der Waals surface area contributed by atoms with Crippen LogP contribution in [0.25, 0.3) is 5.65 Å². The molecule has 2 aromatic heterocycles. The molecule has 1 N–H and O–H groups in total. The van der Waals surface area contributed by atoms with E-state index in [9.17, 15) is 9.18 Å². The zero-order valence-electron chi connectivity index (χ0n) is 11.9. The summed E-state index contributed by atoms with van der Waals surface area (Å²) in [7, 11) is 1.39. The van der Waals surface area contributed by atoms with E-state index in [4.69, 9.17) is 4.74 Å². The number of nitrogens with zero attached hydrogens (tertiary/aromatic N) is 2. The molecule has 0 saturated carbocycles. The number of aromatic nitrogens is 2. The van der Waals surface area contributed by atoms with E-state index in [1.807, 2.05) is 22.6 Å². The number of carbonyl (C=O) groups is 1. The van der Waals surface area contributed by atoms with Crippen molar-refractivity contribution in [2.24, 2.45) is 0 Å². The van der Waals surface area contributed by atoms with E-state index in [1.54, 1.807) is 18.5 Å². The molecule has 5 nitrogen and oxygen atoms in total. The molecule has 0 aliphatic rings. The molecule has 0 saturated heterocycles. The number of pyridine rings is 1. The van der Waals surface area contributed by atoms with Crippen molar-refractivity contribution in [3.8, 4) is 5.75 Å². The number of hydrogen-bond donors (Lipinski definition) is 1. The largest absolute Gasteiger partial charge is 0.494 e. The average Bonchev–Trinajstić information content (AvgIpc) is 2.97. The van der Waals surface area contributed by atoms with Gasteiger partial charge in [0, 0.05) is 29.8 Å². The summed E-state index contributed by atoms with van der Waals surface area (Å²) in [4.78, 5) is 16.3. The molecule has 0 atom stereocenters. The van der Waals surface area contributed by atoms with Crippen molar-refractivity contribution in [1.82, 2.24) is 9.38 Å². The number of halogens is 1. The first-order chi connectivity index (χ1) is 10.7. The molecule has 1 amide bonds. The lowest BCUT2D eigenvalue weighted by molar-refractivity contribution is -0.115. The zero-order chi connectivity index (χ0) is 15.5. The molecular formula is C16H14FN3O2. The number of benzene rings is 1. The quantitative estimate of drug-likeness (QED) is 0.806. The van der Waals surface area contributed by atoms with Gasteiger partial charge in [-0.2, -0.15) is 0 Å². The second-order valence-corrected chi connectivity index (χ2v) is 4.75. The lowest BCUT2D eigenvalue weighted by Crippen LogP contribution is -2.16. The molecule has 0 aliphatic heterocycles. The van der Waals surface area contributed by atoms with E-state index in [-0.39, 0.29) is 18.1 Å². The van der Waals surface area contributed by atoms with Crippen LogP contribution in [0.4, 0.5) is 10.1 Å². The zero-order valence-corrected chi connectivity index (χ0v) is 11.9. The molecule has 0 unspecified atom stereocenters. The Morgan fingerprint density at radius 1 is 1.36 bits per heavy atom. The molecule has 2 heterocycles. The van der Waals surface area contributed by atoms with Gasteiger partial charge < -0.3 is 14.5 Å². The fourth-order valence-corrected chi connectivity index (χ4v) is 2.26. The second-order valence-electron chi connectivity index (χ2n) is 4.75. The lowest BCUT2D eigenvalue weighted by atomic mass is 10.2. The van der Waals surface area contributed by atoms with Gasteiger partial charge in [0.1, 0.15) is 5.65 Å². The Balaban J connectivity index is 1.75. The first-order valence-electron chi connectivity index (χ1n) is 6.72. The molecule has 1 aromatic carbocycles. The van der Waals surface area contributed by atoms with Crippen molar-refractivity contribution in [3.63, 3.8) is 0 Å². The van der Waals surface area contributed by atoms with Crippen LogP contribution in [0.2, 0.25) is 0 Å². The number of imidazole rings is 1. The predicted octanol–water partition coefficient (Wildman–Crippen LogP) is 2.66. The normalized spacial score (nSPS) is 10.6. The standard InChI is InChI=1S/C16H14FN3O2/c1-22-14-6-5-11(9-13(14)17)19-16(21)10-12-3-2-4-15-18-7-8-20(12)15/h2-9H,10H2,1H3,(H,19,21). The topological polar surface area (TPSA) is 55.6 Å². The highest BCUT2D eigenvalue weighted by Gasteiger charge is 2.09. The Bertz CT molecular complexity index is 829. The van der Waals surface area contributed by atoms with Crippen LogP contribution >= 0.6 is 0 Å². The molecule has 0 bridgehead atoms.